The number of aliphatic hydroxyl groups excluding tert-OH is 1. The first kappa shape index (κ1) is 28.5. The lowest BCUT2D eigenvalue weighted by Gasteiger charge is -2.30. The van der Waals surface area contributed by atoms with Gasteiger partial charge in [0.2, 0.25) is 5.91 Å². The van der Waals surface area contributed by atoms with Crippen molar-refractivity contribution < 1.29 is 32.9 Å². The Morgan fingerprint density at radius 1 is 1.07 bits per heavy atom. The fourth-order valence-corrected chi connectivity index (χ4v) is 3.38. The van der Waals surface area contributed by atoms with Gasteiger partial charge in [-0.1, -0.05) is 52.4 Å². The van der Waals surface area contributed by atoms with Gasteiger partial charge in [0.25, 0.3) is 7.82 Å². The third-order valence-corrected chi connectivity index (χ3v) is 5.56. The molecule has 3 atom stereocenters. The molecule has 0 rings (SSSR count). The van der Waals surface area contributed by atoms with Crippen LogP contribution in [0.4, 0.5) is 0 Å². The molecule has 0 aromatic rings. The van der Waals surface area contributed by atoms with Gasteiger partial charge in [-0.05, 0) is 12.8 Å². The van der Waals surface area contributed by atoms with Gasteiger partial charge >= 0.3 is 0 Å². The summed E-state index contributed by atoms with van der Waals surface area (Å²) in [6, 6.07) is -0.783. The molecule has 2 N–H and O–H groups in total. The zero-order valence-electron chi connectivity index (χ0n) is 19.0. The summed E-state index contributed by atoms with van der Waals surface area (Å²) in [5.74, 6) is -0.211. The number of rotatable bonds is 18. The van der Waals surface area contributed by atoms with Gasteiger partial charge in [-0.3, -0.25) is 9.36 Å². The van der Waals surface area contributed by atoms with Crippen molar-refractivity contribution >= 4 is 13.7 Å². The molecule has 0 saturated carbocycles. The number of nitrogens with zero attached hydrogens (tertiary/aromatic N) is 1. The minimum absolute atomic E-state index is 0.0117. The lowest BCUT2D eigenvalue weighted by Crippen LogP contribution is -2.46. The number of phosphoric acid groups is 1. The molecular weight excluding hydrogens is 395 g/mol. The number of hydrogen-bond acceptors (Lipinski definition) is 6. The van der Waals surface area contributed by atoms with Crippen molar-refractivity contribution in [2.45, 2.75) is 83.8 Å². The lowest BCUT2D eigenvalue weighted by atomic mass is 10.0. The highest BCUT2D eigenvalue weighted by Gasteiger charge is 2.24. The van der Waals surface area contributed by atoms with Crippen molar-refractivity contribution in [3.8, 4) is 0 Å². The number of amides is 1. The van der Waals surface area contributed by atoms with E-state index in [4.69, 9.17) is 9.05 Å². The quantitative estimate of drug-likeness (QED) is 0.193. The van der Waals surface area contributed by atoms with Crippen LogP contribution in [0.2, 0.25) is 0 Å². The van der Waals surface area contributed by atoms with Gasteiger partial charge in [0, 0.05) is 6.42 Å². The molecular formula is C20H43N2O6P. The van der Waals surface area contributed by atoms with Gasteiger partial charge in [0.15, 0.2) is 0 Å². The number of hydrogen-bond donors (Lipinski definition) is 2. The maximum Gasteiger partial charge on any atom is 0.268 e. The van der Waals surface area contributed by atoms with Gasteiger partial charge in [-0.2, -0.15) is 0 Å². The van der Waals surface area contributed by atoms with Crippen LogP contribution in [-0.2, 0) is 18.4 Å². The van der Waals surface area contributed by atoms with Crippen LogP contribution in [0, 0.1) is 0 Å². The van der Waals surface area contributed by atoms with E-state index in [0.29, 0.717) is 23.9 Å². The Labute approximate surface area is 177 Å². The van der Waals surface area contributed by atoms with Crippen LogP contribution in [0.1, 0.15) is 71.6 Å². The van der Waals surface area contributed by atoms with Crippen LogP contribution in [0.15, 0.2) is 0 Å². The number of carbonyl (C=O) groups is 1. The second-order valence-electron chi connectivity index (χ2n) is 8.64. The van der Waals surface area contributed by atoms with Gasteiger partial charge in [0.1, 0.15) is 13.2 Å². The summed E-state index contributed by atoms with van der Waals surface area (Å²) < 4.78 is 22.5. The standard InChI is InChI=1S/C20H43N2O6P/c1-6-8-10-11-12-13-19(23)18(21-20(24)14-9-7-2)17-28-29(25,26)27-16-15-22(3,4)5/h18-19,23H,6-17H2,1-5H3,(H-,21,24,25,26). The van der Waals surface area contributed by atoms with Crippen molar-refractivity contribution in [2.24, 2.45) is 0 Å². The van der Waals surface area contributed by atoms with Crippen molar-refractivity contribution in [3.05, 3.63) is 0 Å². The van der Waals surface area contributed by atoms with Crippen molar-refractivity contribution in [2.75, 3.05) is 40.9 Å². The van der Waals surface area contributed by atoms with Crippen LogP contribution in [-0.4, -0.2) is 68.5 Å². The minimum atomic E-state index is -4.50. The highest BCUT2D eigenvalue weighted by Crippen LogP contribution is 2.38. The first-order chi connectivity index (χ1) is 13.5. The largest absolute Gasteiger partial charge is 0.756 e. The third kappa shape index (κ3) is 16.9. The monoisotopic (exact) mass is 438 g/mol. The predicted molar refractivity (Wildman–Crippen MR) is 113 cm³/mol. The van der Waals surface area contributed by atoms with E-state index in [-0.39, 0.29) is 19.1 Å². The summed E-state index contributed by atoms with van der Waals surface area (Å²) in [7, 11) is 1.29. The predicted octanol–water partition coefficient (Wildman–Crippen LogP) is 2.59. The SMILES string of the molecule is CCCCCCCC(O)C(COP(=O)([O-])OCC[N+](C)(C)C)NC(=O)CCCC. The van der Waals surface area contributed by atoms with Gasteiger partial charge in [-0.25, -0.2) is 0 Å². The Morgan fingerprint density at radius 2 is 1.69 bits per heavy atom. The van der Waals surface area contributed by atoms with Gasteiger partial charge in [0.05, 0.1) is 39.9 Å². The van der Waals surface area contributed by atoms with E-state index in [1.54, 1.807) is 0 Å². The summed E-state index contributed by atoms with van der Waals surface area (Å²) in [6.45, 7) is 4.31. The highest BCUT2D eigenvalue weighted by atomic mass is 31.2. The first-order valence-electron chi connectivity index (χ1n) is 10.9. The van der Waals surface area contributed by atoms with Gasteiger partial charge < -0.3 is 28.8 Å². The molecule has 174 valence electrons. The first-order valence-corrected chi connectivity index (χ1v) is 12.3. The lowest BCUT2D eigenvalue weighted by molar-refractivity contribution is -0.870. The van der Waals surface area contributed by atoms with Crippen LogP contribution in [0.25, 0.3) is 0 Å². The van der Waals surface area contributed by atoms with E-state index in [1.807, 2.05) is 28.1 Å². The summed E-state index contributed by atoms with van der Waals surface area (Å²) in [4.78, 5) is 24.1. The zero-order chi connectivity index (χ0) is 22.3. The molecule has 0 bridgehead atoms. The molecule has 0 aliphatic carbocycles. The van der Waals surface area contributed by atoms with Gasteiger partial charge in [-0.15, -0.1) is 0 Å². The average Bonchev–Trinajstić information content (AvgIpc) is 2.61. The average molecular weight is 439 g/mol. The van der Waals surface area contributed by atoms with E-state index in [0.717, 1.165) is 44.9 Å². The summed E-state index contributed by atoms with van der Waals surface area (Å²) in [6.07, 6.45) is 6.78. The number of likely N-dealkylation sites (N-methyl/N-ethyl adjacent to an activating group) is 1. The second kappa shape index (κ2) is 15.3. The molecule has 0 fully saturated rings. The van der Waals surface area contributed by atoms with Crippen molar-refractivity contribution in [3.63, 3.8) is 0 Å². The Balaban J connectivity index is 4.65. The van der Waals surface area contributed by atoms with E-state index >= 15 is 0 Å². The zero-order valence-corrected chi connectivity index (χ0v) is 19.9. The van der Waals surface area contributed by atoms with E-state index < -0.39 is 20.0 Å². The maximum absolute atomic E-state index is 12.1. The van der Waals surface area contributed by atoms with E-state index in [1.165, 1.54) is 0 Å². The molecule has 1 amide bonds. The van der Waals surface area contributed by atoms with E-state index in [9.17, 15) is 19.4 Å². The van der Waals surface area contributed by atoms with Crippen LogP contribution in [0.5, 0.6) is 0 Å². The highest BCUT2D eigenvalue weighted by molar-refractivity contribution is 7.45. The van der Waals surface area contributed by atoms with Crippen LogP contribution < -0.4 is 10.2 Å². The normalized spacial score (nSPS) is 16.2. The van der Waals surface area contributed by atoms with Crippen LogP contribution in [0.3, 0.4) is 0 Å². The Hall–Kier alpha value is -0.500. The fourth-order valence-electron chi connectivity index (χ4n) is 2.66. The van der Waals surface area contributed by atoms with Crippen molar-refractivity contribution in [1.29, 1.82) is 0 Å². The smallest absolute Gasteiger partial charge is 0.268 e. The maximum atomic E-state index is 12.1. The molecule has 0 saturated heterocycles. The Morgan fingerprint density at radius 3 is 2.28 bits per heavy atom. The second-order valence-corrected chi connectivity index (χ2v) is 10.0. The molecule has 9 heteroatoms. The molecule has 0 aromatic carbocycles. The summed E-state index contributed by atoms with van der Waals surface area (Å²) in [5, 5.41) is 13.2. The molecule has 0 spiro atoms. The molecule has 8 nitrogen and oxygen atoms in total. The Bertz CT molecular complexity index is 484. The number of unbranched alkanes of at least 4 members (excludes halogenated alkanes) is 5. The number of phosphoric ester groups is 1. The molecule has 0 aromatic heterocycles. The Kier molecular flexibility index (Phi) is 15.1. The molecule has 0 radical (unpaired) electrons. The number of quaternary nitrogens is 1. The summed E-state index contributed by atoms with van der Waals surface area (Å²) >= 11 is 0. The topological polar surface area (TPSA) is 108 Å². The number of nitrogens with one attached hydrogen (secondary N) is 1. The fraction of sp³-hybridized carbons (Fsp3) is 0.950. The molecule has 29 heavy (non-hydrogen) atoms. The molecule has 0 heterocycles. The van der Waals surface area contributed by atoms with E-state index in [2.05, 4.69) is 12.2 Å². The molecule has 0 aliphatic heterocycles. The summed E-state index contributed by atoms with van der Waals surface area (Å²) in [5.41, 5.74) is 0. The van der Waals surface area contributed by atoms with Crippen molar-refractivity contribution in [1.82, 2.24) is 5.32 Å². The molecule has 0 aliphatic rings. The molecule has 3 unspecified atom stereocenters. The minimum Gasteiger partial charge on any atom is -0.756 e. The van der Waals surface area contributed by atoms with Crippen LogP contribution >= 0.6 is 7.82 Å². The third-order valence-electron chi connectivity index (χ3n) is 4.60. The number of aliphatic hydroxyl groups is 1. The number of carbonyl (C=O) groups excluding carboxylic acids is 1.